The van der Waals surface area contributed by atoms with Crippen molar-refractivity contribution in [3.8, 4) is 5.82 Å². The summed E-state index contributed by atoms with van der Waals surface area (Å²) in [5, 5.41) is 10.8. The maximum atomic E-state index is 12.0. The molecule has 0 fully saturated rings. The predicted octanol–water partition coefficient (Wildman–Crippen LogP) is 1.49. The van der Waals surface area contributed by atoms with Crippen molar-refractivity contribution < 1.29 is 0 Å². The minimum absolute atomic E-state index is 0.194. The molecule has 0 aliphatic rings. The van der Waals surface area contributed by atoms with Crippen molar-refractivity contribution in [2.24, 2.45) is 0 Å². The van der Waals surface area contributed by atoms with Crippen molar-refractivity contribution in [3.63, 3.8) is 0 Å². The number of nitrogens with one attached hydrogen (secondary N) is 1. The number of hydrogen-bond acceptors (Lipinski definition) is 4. The summed E-state index contributed by atoms with van der Waals surface area (Å²) in [5.41, 5.74) is 6.09. The quantitative estimate of drug-likeness (QED) is 0.819. The average molecular weight is 268 g/mol. The third-order valence-electron chi connectivity index (χ3n) is 2.52. The highest BCUT2D eigenvalue weighted by atomic mass is 35.5. The zero-order valence-corrected chi connectivity index (χ0v) is 11.1. The van der Waals surface area contributed by atoms with E-state index in [-0.39, 0.29) is 21.8 Å². The standard InChI is InChI=1S/C11H14ClN5O/c1-11(2,3)9-8(13)10(18)17(16-9)7-5-4-6(12)14-15-7/h4-5,16H,13H2,1-3H3. The fourth-order valence-corrected chi connectivity index (χ4v) is 1.71. The molecule has 0 aliphatic heterocycles. The normalized spacial score (nSPS) is 11.8. The highest BCUT2D eigenvalue weighted by Gasteiger charge is 2.23. The summed E-state index contributed by atoms with van der Waals surface area (Å²) in [7, 11) is 0. The molecule has 2 heterocycles. The summed E-state index contributed by atoms with van der Waals surface area (Å²) >= 11 is 5.65. The van der Waals surface area contributed by atoms with Gasteiger partial charge in [-0.3, -0.25) is 9.89 Å². The summed E-state index contributed by atoms with van der Waals surface area (Å²) in [6.07, 6.45) is 0. The monoisotopic (exact) mass is 267 g/mol. The molecule has 2 aromatic heterocycles. The van der Waals surface area contributed by atoms with Gasteiger partial charge in [0.2, 0.25) is 0 Å². The first kappa shape index (κ1) is 12.6. The maximum Gasteiger partial charge on any atom is 0.296 e. The molecule has 18 heavy (non-hydrogen) atoms. The number of aromatic amines is 1. The van der Waals surface area contributed by atoms with Crippen molar-refractivity contribution in [1.82, 2.24) is 20.0 Å². The Labute approximate surface area is 109 Å². The lowest BCUT2D eigenvalue weighted by Crippen LogP contribution is -2.18. The van der Waals surface area contributed by atoms with Gasteiger partial charge in [-0.05, 0) is 12.1 Å². The van der Waals surface area contributed by atoms with Gasteiger partial charge in [0.25, 0.3) is 5.56 Å². The highest BCUT2D eigenvalue weighted by molar-refractivity contribution is 6.29. The number of anilines is 1. The molecule has 0 radical (unpaired) electrons. The summed E-state index contributed by atoms with van der Waals surface area (Å²) in [6, 6.07) is 3.16. The van der Waals surface area contributed by atoms with E-state index in [0.717, 1.165) is 0 Å². The van der Waals surface area contributed by atoms with Gasteiger partial charge in [0.05, 0.1) is 5.69 Å². The van der Waals surface area contributed by atoms with Crippen molar-refractivity contribution in [2.75, 3.05) is 5.73 Å². The second-order valence-corrected chi connectivity index (χ2v) is 5.39. The van der Waals surface area contributed by atoms with Gasteiger partial charge in [0.15, 0.2) is 11.0 Å². The van der Waals surface area contributed by atoms with Gasteiger partial charge in [0.1, 0.15) is 5.69 Å². The maximum absolute atomic E-state index is 12.0. The Bertz CT molecular complexity index is 620. The molecule has 3 N–H and O–H groups in total. The summed E-state index contributed by atoms with van der Waals surface area (Å²) < 4.78 is 1.26. The molecule has 0 atom stereocenters. The third-order valence-corrected chi connectivity index (χ3v) is 2.73. The van der Waals surface area contributed by atoms with Crippen LogP contribution in [0.4, 0.5) is 5.69 Å². The molecule has 2 rings (SSSR count). The lowest BCUT2D eigenvalue weighted by atomic mass is 9.91. The van der Waals surface area contributed by atoms with Crippen molar-refractivity contribution >= 4 is 17.3 Å². The van der Waals surface area contributed by atoms with Crippen LogP contribution in [0.3, 0.4) is 0 Å². The largest absolute Gasteiger partial charge is 0.393 e. The van der Waals surface area contributed by atoms with E-state index in [0.29, 0.717) is 11.5 Å². The lowest BCUT2D eigenvalue weighted by Gasteiger charge is -2.16. The first-order valence-corrected chi connectivity index (χ1v) is 5.79. The van der Waals surface area contributed by atoms with E-state index in [9.17, 15) is 4.79 Å². The van der Waals surface area contributed by atoms with Crippen LogP contribution < -0.4 is 11.3 Å². The van der Waals surface area contributed by atoms with Crippen LogP contribution in [0.5, 0.6) is 0 Å². The van der Waals surface area contributed by atoms with Gasteiger partial charge >= 0.3 is 0 Å². The zero-order valence-electron chi connectivity index (χ0n) is 10.4. The number of rotatable bonds is 1. The van der Waals surface area contributed by atoms with Gasteiger partial charge in [-0.15, -0.1) is 10.2 Å². The van der Waals surface area contributed by atoms with Gasteiger partial charge < -0.3 is 5.73 Å². The van der Waals surface area contributed by atoms with E-state index < -0.39 is 0 Å². The Morgan fingerprint density at radius 2 is 2.00 bits per heavy atom. The first-order chi connectivity index (χ1) is 8.30. The van der Waals surface area contributed by atoms with E-state index in [1.807, 2.05) is 20.8 Å². The molecule has 0 amide bonds. The number of halogens is 1. The number of H-pyrrole nitrogens is 1. The first-order valence-electron chi connectivity index (χ1n) is 5.41. The van der Waals surface area contributed by atoms with Crippen LogP contribution >= 0.6 is 11.6 Å². The van der Waals surface area contributed by atoms with Gasteiger partial charge in [0, 0.05) is 5.41 Å². The molecular weight excluding hydrogens is 254 g/mol. The van der Waals surface area contributed by atoms with Crippen molar-refractivity contribution in [3.05, 3.63) is 33.3 Å². The third kappa shape index (κ3) is 2.11. The summed E-state index contributed by atoms with van der Waals surface area (Å²) in [6.45, 7) is 5.89. The fourth-order valence-electron chi connectivity index (χ4n) is 1.61. The van der Waals surface area contributed by atoms with Crippen LogP contribution in [0.25, 0.3) is 5.82 Å². The molecule has 0 aromatic carbocycles. The van der Waals surface area contributed by atoms with Crippen LogP contribution in [0.1, 0.15) is 26.5 Å². The van der Waals surface area contributed by atoms with Gasteiger partial charge in [-0.25, -0.2) is 0 Å². The molecule has 6 nitrogen and oxygen atoms in total. The smallest absolute Gasteiger partial charge is 0.296 e. The molecule has 0 bridgehead atoms. The summed E-state index contributed by atoms with van der Waals surface area (Å²) in [4.78, 5) is 12.0. The van der Waals surface area contributed by atoms with E-state index >= 15 is 0 Å². The molecule has 2 aromatic rings. The Morgan fingerprint density at radius 3 is 2.44 bits per heavy atom. The Kier molecular flexibility index (Phi) is 2.90. The van der Waals surface area contributed by atoms with Gasteiger partial charge in [-0.1, -0.05) is 32.4 Å². The van der Waals surface area contributed by atoms with Crippen LogP contribution in [0.15, 0.2) is 16.9 Å². The highest BCUT2D eigenvalue weighted by Crippen LogP contribution is 2.23. The number of aromatic nitrogens is 4. The molecule has 0 saturated carbocycles. The molecule has 0 aliphatic carbocycles. The van der Waals surface area contributed by atoms with Crippen LogP contribution in [0.2, 0.25) is 5.15 Å². The predicted molar refractivity (Wildman–Crippen MR) is 70.1 cm³/mol. The fraction of sp³-hybridized carbons (Fsp3) is 0.364. The summed E-state index contributed by atoms with van der Waals surface area (Å²) in [5.74, 6) is 0.353. The number of hydrogen-bond donors (Lipinski definition) is 2. The van der Waals surface area contributed by atoms with Crippen LogP contribution in [-0.4, -0.2) is 20.0 Å². The SMILES string of the molecule is CC(C)(C)c1[nH]n(-c2ccc(Cl)nn2)c(=O)c1N. The topological polar surface area (TPSA) is 89.6 Å². The molecular formula is C11H14ClN5O. The Balaban J connectivity index is 2.60. The molecule has 0 saturated heterocycles. The number of nitrogens with two attached hydrogens (primary N) is 1. The Morgan fingerprint density at radius 1 is 1.33 bits per heavy atom. The van der Waals surface area contributed by atoms with Gasteiger partial charge in [-0.2, -0.15) is 4.68 Å². The minimum atomic E-state index is -0.337. The van der Waals surface area contributed by atoms with Crippen molar-refractivity contribution in [2.45, 2.75) is 26.2 Å². The number of nitrogens with zero attached hydrogens (tertiary/aromatic N) is 3. The molecule has 7 heteroatoms. The van der Waals surface area contributed by atoms with E-state index in [1.54, 1.807) is 12.1 Å². The molecule has 0 spiro atoms. The average Bonchev–Trinajstić information content (AvgIpc) is 2.57. The lowest BCUT2D eigenvalue weighted by molar-refractivity contribution is 0.560. The zero-order chi connectivity index (χ0) is 13.5. The molecule has 96 valence electrons. The van der Waals surface area contributed by atoms with E-state index in [4.69, 9.17) is 17.3 Å². The minimum Gasteiger partial charge on any atom is -0.393 e. The van der Waals surface area contributed by atoms with E-state index in [2.05, 4.69) is 15.3 Å². The second-order valence-electron chi connectivity index (χ2n) is 5.01. The van der Waals surface area contributed by atoms with E-state index in [1.165, 1.54) is 4.68 Å². The molecule has 0 unspecified atom stereocenters. The second kappa shape index (κ2) is 4.13. The van der Waals surface area contributed by atoms with Crippen LogP contribution in [-0.2, 0) is 5.41 Å². The number of nitrogen functional groups attached to an aromatic ring is 1. The van der Waals surface area contributed by atoms with Crippen LogP contribution in [0, 0.1) is 0 Å². The Hall–Kier alpha value is -1.82. The van der Waals surface area contributed by atoms with Crippen molar-refractivity contribution in [1.29, 1.82) is 0 Å².